The smallest absolute Gasteiger partial charge is 0.189 e. The lowest BCUT2D eigenvalue weighted by molar-refractivity contribution is 0.103. The minimum absolute atomic E-state index is 0.121. The third-order valence-electron chi connectivity index (χ3n) is 2.91. The first-order valence-electron chi connectivity index (χ1n) is 4.95. The molecule has 0 heterocycles. The van der Waals surface area contributed by atoms with Gasteiger partial charge in [0.05, 0.1) is 5.71 Å². The highest BCUT2D eigenvalue weighted by Crippen LogP contribution is 2.25. The topological polar surface area (TPSA) is 29.4 Å². The van der Waals surface area contributed by atoms with E-state index in [4.69, 9.17) is 0 Å². The van der Waals surface area contributed by atoms with Crippen LogP contribution in [0.1, 0.15) is 29.8 Å². The molecule has 1 aliphatic carbocycles. The zero-order valence-corrected chi connectivity index (χ0v) is 9.16. The first kappa shape index (κ1) is 9.84. The molecule has 0 spiro atoms. The van der Waals surface area contributed by atoms with E-state index in [2.05, 4.69) is 4.99 Å². The van der Waals surface area contributed by atoms with Crippen molar-refractivity contribution in [2.75, 3.05) is 7.05 Å². The van der Waals surface area contributed by atoms with E-state index in [-0.39, 0.29) is 5.78 Å². The van der Waals surface area contributed by atoms with Crippen LogP contribution < -0.4 is 0 Å². The Morgan fingerprint density at radius 3 is 2.20 bits per heavy atom. The number of aliphatic imine (C=N–C) groups is 1. The summed E-state index contributed by atoms with van der Waals surface area (Å²) < 4.78 is 0. The van der Waals surface area contributed by atoms with Gasteiger partial charge in [0.1, 0.15) is 0 Å². The van der Waals surface area contributed by atoms with Crippen LogP contribution in [0.15, 0.2) is 40.4 Å². The maximum absolute atomic E-state index is 12.0. The average Bonchev–Trinajstić information content (AvgIpc) is 2.27. The number of nitrogens with zero attached hydrogens (tertiary/aromatic N) is 1. The fraction of sp³-hybridized carbons (Fsp3) is 0.231. The minimum Gasteiger partial charge on any atom is -0.289 e. The molecule has 1 aliphatic rings. The van der Waals surface area contributed by atoms with E-state index < -0.39 is 0 Å². The molecule has 2 heteroatoms. The maximum Gasteiger partial charge on any atom is 0.189 e. The highest BCUT2D eigenvalue weighted by atomic mass is 16.1. The van der Waals surface area contributed by atoms with E-state index in [9.17, 15) is 4.79 Å². The summed E-state index contributed by atoms with van der Waals surface area (Å²) in [5.74, 6) is 0.121. The van der Waals surface area contributed by atoms with Gasteiger partial charge in [-0.25, -0.2) is 0 Å². The molecular weight excluding hydrogens is 186 g/mol. The molecule has 0 saturated heterocycles. The van der Waals surface area contributed by atoms with Gasteiger partial charge >= 0.3 is 0 Å². The number of fused-ring (bicyclic) bond motifs is 1. The lowest BCUT2D eigenvalue weighted by atomic mass is 9.85. The molecule has 0 aromatic heterocycles. The van der Waals surface area contributed by atoms with Crippen LogP contribution in [0.3, 0.4) is 0 Å². The van der Waals surface area contributed by atoms with Crippen LogP contribution in [0.4, 0.5) is 0 Å². The molecule has 76 valence electrons. The summed E-state index contributed by atoms with van der Waals surface area (Å²) in [5, 5.41) is 0. The van der Waals surface area contributed by atoms with Gasteiger partial charge in [0.25, 0.3) is 0 Å². The molecule has 0 saturated carbocycles. The minimum atomic E-state index is 0.121. The molecule has 0 unspecified atom stereocenters. The summed E-state index contributed by atoms with van der Waals surface area (Å²) in [4.78, 5) is 16.2. The van der Waals surface area contributed by atoms with Crippen molar-refractivity contribution in [3.8, 4) is 0 Å². The first-order chi connectivity index (χ1) is 7.16. The number of allylic oxidation sites excluding steroid dienone is 2. The number of Topliss-reactive ketones (excluding diaryl/α,β-unsaturated/α-hetero) is 1. The van der Waals surface area contributed by atoms with Gasteiger partial charge in [-0.2, -0.15) is 0 Å². The van der Waals surface area contributed by atoms with Crippen molar-refractivity contribution < 1.29 is 4.79 Å². The number of hydrogen-bond donors (Lipinski definition) is 0. The second kappa shape index (κ2) is 3.46. The van der Waals surface area contributed by atoms with E-state index in [1.807, 2.05) is 38.1 Å². The normalized spacial score (nSPS) is 18.3. The molecule has 0 atom stereocenters. The van der Waals surface area contributed by atoms with Crippen LogP contribution in [0, 0.1) is 0 Å². The van der Waals surface area contributed by atoms with Crippen LogP contribution >= 0.6 is 0 Å². The highest BCUT2D eigenvalue weighted by molar-refractivity contribution is 6.28. The summed E-state index contributed by atoms with van der Waals surface area (Å²) in [7, 11) is 1.76. The van der Waals surface area contributed by atoms with E-state index in [0.717, 1.165) is 28.0 Å². The number of carbonyl (C=O) groups is 1. The fourth-order valence-corrected chi connectivity index (χ4v) is 1.93. The van der Waals surface area contributed by atoms with Crippen LogP contribution in [-0.4, -0.2) is 18.5 Å². The molecule has 0 bridgehead atoms. The van der Waals surface area contributed by atoms with Gasteiger partial charge in [-0.3, -0.25) is 9.79 Å². The Morgan fingerprint density at radius 2 is 1.60 bits per heavy atom. The third-order valence-corrected chi connectivity index (χ3v) is 2.91. The van der Waals surface area contributed by atoms with Gasteiger partial charge in [0, 0.05) is 23.7 Å². The van der Waals surface area contributed by atoms with E-state index >= 15 is 0 Å². The van der Waals surface area contributed by atoms with Crippen molar-refractivity contribution >= 4 is 11.5 Å². The lowest BCUT2D eigenvalue weighted by Crippen LogP contribution is -2.20. The number of ketones is 1. The zero-order valence-electron chi connectivity index (χ0n) is 9.16. The van der Waals surface area contributed by atoms with Crippen molar-refractivity contribution in [3.63, 3.8) is 0 Å². The van der Waals surface area contributed by atoms with Gasteiger partial charge < -0.3 is 0 Å². The van der Waals surface area contributed by atoms with Crippen molar-refractivity contribution in [2.24, 2.45) is 4.99 Å². The second-order valence-corrected chi connectivity index (χ2v) is 3.70. The van der Waals surface area contributed by atoms with E-state index in [1.165, 1.54) is 0 Å². The highest BCUT2D eigenvalue weighted by Gasteiger charge is 2.24. The summed E-state index contributed by atoms with van der Waals surface area (Å²) in [6, 6.07) is 7.63. The molecule has 2 rings (SSSR count). The summed E-state index contributed by atoms with van der Waals surface area (Å²) in [6.45, 7) is 3.81. The molecule has 0 N–H and O–H groups in total. The SMILES string of the molecule is C/N=C1/C(C)=C(C)C(=O)c2ccccc21. The maximum atomic E-state index is 12.0. The van der Waals surface area contributed by atoms with Gasteiger partial charge in [0.15, 0.2) is 5.78 Å². The molecule has 1 aromatic carbocycles. The quantitative estimate of drug-likeness (QED) is 0.631. The predicted molar refractivity (Wildman–Crippen MR) is 61.6 cm³/mol. The van der Waals surface area contributed by atoms with Gasteiger partial charge in [-0.15, -0.1) is 0 Å². The lowest BCUT2D eigenvalue weighted by Gasteiger charge is -2.19. The predicted octanol–water partition coefficient (Wildman–Crippen LogP) is 2.64. The molecule has 0 fully saturated rings. The van der Waals surface area contributed by atoms with E-state index in [1.54, 1.807) is 7.05 Å². The first-order valence-corrected chi connectivity index (χ1v) is 4.95. The summed E-state index contributed by atoms with van der Waals surface area (Å²) >= 11 is 0. The molecular formula is C13H13NO. The van der Waals surface area contributed by atoms with Crippen molar-refractivity contribution in [1.29, 1.82) is 0 Å². The van der Waals surface area contributed by atoms with Crippen LogP contribution in [0.2, 0.25) is 0 Å². The van der Waals surface area contributed by atoms with Crippen molar-refractivity contribution in [3.05, 3.63) is 46.5 Å². The molecule has 15 heavy (non-hydrogen) atoms. The standard InChI is InChI=1S/C13H13NO/c1-8-9(2)13(15)11-7-5-4-6-10(11)12(8)14-3/h4-7H,1-3H3/b14-12-. The number of hydrogen-bond acceptors (Lipinski definition) is 2. The van der Waals surface area contributed by atoms with E-state index in [0.29, 0.717) is 0 Å². The van der Waals surface area contributed by atoms with Gasteiger partial charge in [-0.05, 0) is 19.4 Å². The third kappa shape index (κ3) is 1.33. The summed E-state index contributed by atoms with van der Waals surface area (Å²) in [6.07, 6.45) is 0. The molecule has 0 amide bonds. The number of rotatable bonds is 0. The van der Waals surface area contributed by atoms with Crippen LogP contribution in [0.5, 0.6) is 0 Å². The number of carbonyl (C=O) groups excluding carboxylic acids is 1. The van der Waals surface area contributed by atoms with Gasteiger partial charge in [-0.1, -0.05) is 24.3 Å². The van der Waals surface area contributed by atoms with Crippen molar-refractivity contribution in [2.45, 2.75) is 13.8 Å². The van der Waals surface area contributed by atoms with Crippen molar-refractivity contribution in [1.82, 2.24) is 0 Å². The molecule has 0 aliphatic heterocycles. The largest absolute Gasteiger partial charge is 0.289 e. The Morgan fingerprint density at radius 1 is 1.00 bits per heavy atom. The summed E-state index contributed by atoms with van der Waals surface area (Å²) in [5.41, 5.74) is 4.44. The Hall–Kier alpha value is -1.70. The Bertz CT molecular complexity index is 495. The number of benzene rings is 1. The Kier molecular flexibility index (Phi) is 2.27. The van der Waals surface area contributed by atoms with Gasteiger partial charge in [0.2, 0.25) is 0 Å². The second-order valence-electron chi connectivity index (χ2n) is 3.70. The molecule has 1 aromatic rings. The Labute approximate surface area is 89.3 Å². The molecule has 0 radical (unpaired) electrons. The van der Waals surface area contributed by atoms with Crippen LogP contribution in [0.25, 0.3) is 0 Å². The monoisotopic (exact) mass is 199 g/mol. The molecule has 2 nitrogen and oxygen atoms in total. The average molecular weight is 199 g/mol. The fourth-order valence-electron chi connectivity index (χ4n) is 1.93. The zero-order chi connectivity index (χ0) is 11.0. The van der Waals surface area contributed by atoms with Crippen LogP contribution in [-0.2, 0) is 0 Å². The Balaban J connectivity index is 2.76.